The first-order valence-electron chi connectivity index (χ1n) is 5.63. The van der Waals surface area contributed by atoms with E-state index < -0.39 is 5.97 Å². The maximum Gasteiger partial charge on any atom is 0.303 e. The monoisotopic (exact) mass is 232 g/mol. The predicted octanol–water partition coefficient (Wildman–Crippen LogP) is 2.21. The van der Waals surface area contributed by atoms with Gasteiger partial charge in [0.1, 0.15) is 5.82 Å². The lowest BCUT2D eigenvalue weighted by atomic mass is 10.1. The summed E-state index contributed by atoms with van der Waals surface area (Å²) in [4.78, 5) is 15.1. The molecule has 4 nitrogen and oxygen atoms in total. The Labute approximate surface area is 99.9 Å². The molecule has 0 aliphatic carbocycles. The molecule has 0 unspecified atom stereocenters. The van der Waals surface area contributed by atoms with Crippen molar-refractivity contribution >= 4 is 17.0 Å². The molecule has 0 aliphatic rings. The summed E-state index contributed by atoms with van der Waals surface area (Å²) in [7, 11) is 1.93. The van der Waals surface area contributed by atoms with Crippen LogP contribution in [0.4, 0.5) is 0 Å². The fourth-order valence-electron chi connectivity index (χ4n) is 1.94. The highest BCUT2D eigenvalue weighted by atomic mass is 16.4. The third kappa shape index (κ3) is 2.16. The van der Waals surface area contributed by atoms with Crippen molar-refractivity contribution in [2.45, 2.75) is 26.7 Å². The molecule has 2 rings (SSSR count). The van der Waals surface area contributed by atoms with Crippen molar-refractivity contribution in [3.8, 4) is 0 Å². The molecular formula is C13H16N2O2. The van der Waals surface area contributed by atoms with Gasteiger partial charge in [0.2, 0.25) is 0 Å². The predicted molar refractivity (Wildman–Crippen MR) is 66.1 cm³/mol. The lowest BCUT2D eigenvalue weighted by molar-refractivity contribution is -0.137. The van der Waals surface area contributed by atoms with Crippen LogP contribution in [0.15, 0.2) is 12.1 Å². The third-order valence-electron chi connectivity index (χ3n) is 3.15. The number of hydrogen-bond acceptors (Lipinski definition) is 2. The Hall–Kier alpha value is -1.84. The second-order valence-corrected chi connectivity index (χ2v) is 4.41. The zero-order chi connectivity index (χ0) is 12.6. The van der Waals surface area contributed by atoms with Gasteiger partial charge in [-0.05, 0) is 37.1 Å². The lowest BCUT2D eigenvalue weighted by Crippen LogP contribution is -2.03. The fraction of sp³-hybridized carbons (Fsp3) is 0.385. The van der Waals surface area contributed by atoms with Gasteiger partial charge in [-0.2, -0.15) is 0 Å². The van der Waals surface area contributed by atoms with Gasteiger partial charge in [0.15, 0.2) is 0 Å². The quantitative estimate of drug-likeness (QED) is 0.882. The number of fused-ring (bicyclic) bond motifs is 1. The standard InChI is InChI=1S/C13H16N2O2/c1-8-6-10-11(7-9(8)2)15(3)12(14-10)4-5-13(16)17/h6-7H,4-5H2,1-3H3,(H,16,17). The number of aryl methyl sites for hydroxylation is 4. The highest BCUT2D eigenvalue weighted by Gasteiger charge is 2.10. The van der Waals surface area contributed by atoms with Gasteiger partial charge >= 0.3 is 5.97 Å². The van der Waals surface area contributed by atoms with E-state index in [1.165, 1.54) is 11.1 Å². The van der Waals surface area contributed by atoms with Gasteiger partial charge in [-0.15, -0.1) is 0 Å². The summed E-state index contributed by atoms with van der Waals surface area (Å²) in [6.07, 6.45) is 0.591. The highest BCUT2D eigenvalue weighted by molar-refractivity contribution is 5.78. The van der Waals surface area contributed by atoms with E-state index in [1.807, 2.05) is 11.6 Å². The van der Waals surface area contributed by atoms with Crippen LogP contribution in [-0.4, -0.2) is 20.6 Å². The van der Waals surface area contributed by atoms with Crippen LogP contribution in [-0.2, 0) is 18.3 Å². The number of nitrogens with zero attached hydrogens (tertiary/aromatic N) is 2. The Morgan fingerprint density at radius 2 is 2.00 bits per heavy atom. The number of aliphatic carboxylic acids is 1. The van der Waals surface area contributed by atoms with E-state index in [2.05, 4.69) is 31.0 Å². The Kier molecular flexibility index (Phi) is 2.88. The Bertz CT molecular complexity index is 585. The van der Waals surface area contributed by atoms with E-state index in [9.17, 15) is 4.79 Å². The van der Waals surface area contributed by atoms with E-state index >= 15 is 0 Å². The zero-order valence-corrected chi connectivity index (χ0v) is 10.3. The van der Waals surface area contributed by atoms with Crippen LogP contribution in [0.3, 0.4) is 0 Å². The summed E-state index contributed by atoms with van der Waals surface area (Å²) in [6, 6.07) is 4.15. The van der Waals surface area contributed by atoms with Crippen LogP contribution in [0.5, 0.6) is 0 Å². The van der Waals surface area contributed by atoms with Crippen LogP contribution in [0, 0.1) is 13.8 Å². The molecule has 1 heterocycles. The molecule has 0 saturated carbocycles. The van der Waals surface area contributed by atoms with Crippen LogP contribution in [0.25, 0.3) is 11.0 Å². The number of benzene rings is 1. The molecule has 0 atom stereocenters. The second kappa shape index (κ2) is 4.20. The minimum Gasteiger partial charge on any atom is -0.481 e. The zero-order valence-electron chi connectivity index (χ0n) is 10.3. The Morgan fingerprint density at radius 1 is 1.35 bits per heavy atom. The molecule has 0 aliphatic heterocycles. The molecular weight excluding hydrogens is 216 g/mol. The van der Waals surface area contributed by atoms with E-state index in [4.69, 9.17) is 5.11 Å². The maximum atomic E-state index is 10.6. The Balaban J connectivity index is 2.45. The van der Waals surface area contributed by atoms with Gasteiger partial charge in [-0.3, -0.25) is 4.79 Å². The Morgan fingerprint density at radius 3 is 2.65 bits per heavy atom. The van der Waals surface area contributed by atoms with Gasteiger partial charge in [0.25, 0.3) is 0 Å². The molecule has 17 heavy (non-hydrogen) atoms. The number of imidazole rings is 1. The van der Waals surface area contributed by atoms with E-state index in [0.717, 1.165) is 16.9 Å². The van der Waals surface area contributed by atoms with Crippen molar-refractivity contribution in [3.05, 3.63) is 29.1 Å². The molecule has 1 N–H and O–H groups in total. The van der Waals surface area contributed by atoms with Crippen molar-refractivity contribution in [1.82, 2.24) is 9.55 Å². The molecule has 4 heteroatoms. The molecule has 0 bridgehead atoms. The average molecular weight is 232 g/mol. The largest absolute Gasteiger partial charge is 0.481 e. The first-order chi connectivity index (χ1) is 7.99. The SMILES string of the molecule is Cc1cc2nc(CCC(=O)O)n(C)c2cc1C. The molecule has 1 aromatic carbocycles. The number of hydrogen-bond donors (Lipinski definition) is 1. The minimum atomic E-state index is -0.788. The summed E-state index contributed by atoms with van der Waals surface area (Å²) in [5, 5.41) is 8.69. The molecule has 0 radical (unpaired) electrons. The van der Waals surface area contributed by atoms with Crippen LogP contribution >= 0.6 is 0 Å². The van der Waals surface area contributed by atoms with Crippen molar-refractivity contribution in [2.24, 2.45) is 7.05 Å². The molecule has 2 aromatic rings. The maximum absolute atomic E-state index is 10.6. The van der Waals surface area contributed by atoms with E-state index in [1.54, 1.807) is 0 Å². The summed E-state index contributed by atoms with van der Waals surface area (Å²) in [5.74, 6) is 0.0387. The molecule has 0 fully saturated rings. The second-order valence-electron chi connectivity index (χ2n) is 4.41. The van der Waals surface area contributed by atoms with Crippen molar-refractivity contribution in [1.29, 1.82) is 0 Å². The lowest BCUT2D eigenvalue weighted by Gasteiger charge is -2.02. The molecule has 90 valence electrons. The number of carbonyl (C=O) groups is 1. The van der Waals surface area contributed by atoms with Crippen molar-refractivity contribution in [2.75, 3.05) is 0 Å². The van der Waals surface area contributed by atoms with Crippen LogP contribution < -0.4 is 0 Å². The summed E-state index contributed by atoms with van der Waals surface area (Å²) in [6.45, 7) is 4.12. The summed E-state index contributed by atoms with van der Waals surface area (Å²) < 4.78 is 1.98. The van der Waals surface area contributed by atoms with Gasteiger partial charge in [-0.1, -0.05) is 0 Å². The van der Waals surface area contributed by atoms with Gasteiger partial charge in [0, 0.05) is 13.5 Å². The first-order valence-corrected chi connectivity index (χ1v) is 5.63. The van der Waals surface area contributed by atoms with E-state index in [0.29, 0.717) is 6.42 Å². The average Bonchev–Trinajstić information content (AvgIpc) is 2.54. The van der Waals surface area contributed by atoms with Gasteiger partial charge in [0.05, 0.1) is 17.5 Å². The van der Waals surface area contributed by atoms with Gasteiger partial charge in [-0.25, -0.2) is 4.98 Å². The number of aromatic nitrogens is 2. The first kappa shape index (κ1) is 11.6. The van der Waals surface area contributed by atoms with Crippen LogP contribution in [0.1, 0.15) is 23.4 Å². The molecule has 0 spiro atoms. The third-order valence-corrected chi connectivity index (χ3v) is 3.15. The normalized spacial score (nSPS) is 11.0. The number of carboxylic acids is 1. The molecule has 1 aromatic heterocycles. The molecule has 0 saturated heterocycles. The summed E-state index contributed by atoms with van der Waals surface area (Å²) in [5.41, 5.74) is 4.44. The van der Waals surface area contributed by atoms with Crippen LogP contribution in [0.2, 0.25) is 0 Å². The van der Waals surface area contributed by atoms with Gasteiger partial charge < -0.3 is 9.67 Å². The topological polar surface area (TPSA) is 55.1 Å². The number of carboxylic acid groups (broad SMARTS) is 1. The number of rotatable bonds is 3. The van der Waals surface area contributed by atoms with Crippen molar-refractivity contribution < 1.29 is 9.90 Å². The smallest absolute Gasteiger partial charge is 0.303 e. The minimum absolute atomic E-state index is 0.120. The summed E-state index contributed by atoms with van der Waals surface area (Å²) >= 11 is 0. The van der Waals surface area contributed by atoms with E-state index in [-0.39, 0.29) is 6.42 Å². The molecule has 0 amide bonds. The fourth-order valence-corrected chi connectivity index (χ4v) is 1.94. The highest BCUT2D eigenvalue weighted by Crippen LogP contribution is 2.20. The van der Waals surface area contributed by atoms with Crippen molar-refractivity contribution in [3.63, 3.8) is 0 Å².